The first kappa shape index (κ1) is 16.3. The van der Waals surface area contributed by atoms with E-state index in [2.05, 4.69) is 34.3 Å². The van der Waals surface area contributed by atoms with Crippen molar-refractivity contribution in [1.82, 2.24) is 15.3 Å². The van der Waals surface area contributed by atoms with Crippen LogP contribution in [0, 0.1) is 6.92 Å². The molecule has 1 atom stereocenters. The second kappa shape index (κ2) is 7.36. The number of carbonyl (C=O) groups is 1. The van der Waals surface area contributed by atoms with Gasteiger partial charge in [-0.05, 0) is 30.5 Å². The van der Waals surface area contributed by atoms with E-state index in [1.165, 1.54) is 16.9 Å². The van der Waals surface area contributed by atoms with Crippen LogP contribution in [0.3, 0.4) is 0 Å². The Kier molecular flexibility index (Phi) is 5.01. The minimum Gasteiger partial charge on any atom is -0.351 e. The highest BCUT2D eigenvalue weighted by molar-refractivity contribution is 7.17. The molecule has 0 fully saturated rings. The fraction of sp³-hybridized carbons (Fsp3) is 0.211. The highest BCUT2D eigenvalue weighted by atomic mass is 32.1. The van der Waals surface area contributed by atoms with Crippen LogP contribution >= 0.6 is 11.3 Å². The largest absolute Gasteiger partial charge is 0.351 e. The van der Waals surface area contributed by atoms with Gasteiger partial charge in [-0.3, -0.25) is 9.78 Å². The number of hydrogen-bond acceptors (Lipinski definition) is 4. The van der Waals surface area contributed by atoms with Gasteiger partial charge >= 0.3 is 0 Å². The van der Waals surface area contributed by atoms with Crippen molar-refractivity contribution in [3.63, 3.8) is 0 Å². The van der Waals surface area contributed by atoms with Crippen LogP contribution < -0.4 is 5.32 Å². The van der Waals surface area contributed by atoms with Gasteiger partial charge in [0.15, 0.2) is 0 Å². The molecule has 0 aliphatic rings. The summed E-state index contributed by atoms with van der Waals surface area (Å²) < 4.78 is 0. The van der Waals surface area contributed by atoms with Crippen LogP contribution in [0.1, 0.15) is 33.8 Å². The van der Waals surface area contributed by atoms with Crippen LogP contribution in [0.15, 0.2) is 54.7 Å². The van der Waals surface area contributed by atoms with Crippen LogP contribution in [0.4, 0.5) is 0 Å². The predicted octanol–water partition coefficient (Wildman–Crippen LogP) is 4.05. The van der Waals surface area contributed by atoms with E-state index in [4.69, 9.17) is 0 Å². The van der Waals surface area contributed by atoms with Crippen molar-refractivity contribution in [2.24, 2.45) is 0 Å². The molecule has 1 N–H and O–H groups in total. The van der Waals surface area contributed by atoms with Gasteiger partial charge in [0.25, 0.3) is 5.91 Å². The summed E-state index contributed by atoms with van der Waals surface area (Å²) in [6.45, 7) is 4.56. The van der Waals surface area contributed by atoms with Crippen LogP contribution in [0.25, 0.3) is 10.7 Å². The molecule has 1 amide bonds. The smallest absolute Gasteiger partial charge is 0.263 e. The zero-order valence-corrected chi connectivity index (χ0v) is 14.5. The first-order chi connectivity index (χ1) is 11.6. The average Bonchev–Trinajstić information content (AvgIpc) is 3.03. The van der Waals surface area contributed by atoms with Gasteiger partial charge in [-0.25, -0.2) is 4.98 Å². The average molecular weight is 337 g/mol. The van der Waals surface area contributed by atoms with E-state index >= 15 is 0 Å². The summed E-state index contributed by atoms with van der Waals surface area (Å²) in [7, 11) is 0. The number of aromatic nitrogens is 2. The molecule has 2 aromatic heterocycles. The Labute approximate surface area is 145 Å². The number of hydrogen-bond donors (Lipinski definition) is 1. The summed E-state index contributed by atoms with van der Waals surface area (Å²) >= 11 is 1.38. The van der Waals surface area contributed by atoms with Crippen molar-refractivity contribution in [2.75, 3.05) is 6.54 Å². The van der Waals surface area contributed by atoms with Crippen molar-refractivity contribution in [3.8, 4) is 10.7 Å². The molecule has 122 valence electrons. The van der Waals surface area contributed by atoms with Crippen LogP contribution in [0.5, 0.6) is 0 Å². The first-order valence-corrected chi connectivity index (χ1v) is 8.69. The lowest BCUT2D eigenvalue weighted by atomic mass is 10.0. The lowest BCUT2D eigenvalue weighted by Gasteiger charge is -2.12. The Morgan fingerprint density at radius 1 is 1.17 bits per heavy atom. The zero-order valence-electron chi connectivity index (χ0n) is 13.7. The Hall–Kier alpha value is -2.53. The van der Waals surface area contributed by atoms with Crippen molar-refractivity contribution in [3.05, 3.63) is 70.9 Å². The van der Waals surface area contributed by atoms with Crippen molar-refractivity contribution >= 4 is 17.2 Å². The van der Waals surface area contributed by atoms with E-state index in [9.17, 15) is 4.79 Å². The maximum atomic E-state index is 12.5. The molecule has 0 saturated carbocycles. The molecular weight excluding hydrogens is 318 g/mol. The van der Waals surface area contributed by atoms with Gasteiger partial charge in [0, 0.05) is 12.7 Å². The van der Waals surface area contributed by atoms with E-state index in [0.717, 1.165) is 16.4 Å². The fourth-order valence-electron chi connectivity index (χ4n) is 2.43. The minimum absolute atomic E-state index is 0.0741. The molecule has 3 aromatic rings. The normalized spacial score (nSPS) is 11.9. The highest BCUT2D eigenvalue weighted by Crippen LogP contribution is 2.26. The monoisotopic (exact) mass is 337 g/mol. The van der Waals surface area contributed by atoms with E-state index in [1.807, 2.05) is 43.3 Å². The Balaban J connectivity index is 1.68. The molecule has 0 spiro atoms. The SMILES string of the molecule is Cc1nc(-c2ccccn2)sc1C(=O)NCC(C)c1ccccc1. The Morgan fingerprint density at radius 2 is 1.92 bits per heavy atom. The molecule has 0 aliphatic heterocycles. The number of aryl methyl sites for hydroxylation is 1. The maximum absolute atomic E-state index is 12.5. The van der Waals surface area contributed by atoms with E-state index in [0.29, 0.717) is 11.4 Å². The fourth-order valence-corrected chi connectivity index (χ4v) is 3.39. The number of pyridine rings is 1. The Bertz CT molecular complexity index is 815. The molecule has 3 rings (SSSR count). The number of amides is 1. The number of nitrogens with one attached hydrogen (secondary N) is 1. The second-order valence-electron chi connectivity index (χ2n) is 5.67. The van der Waals surface area contributed by atoms with Gasteiger partial charge in [-0.15, -0.1) is 11.3 Å². The number of thiazole rings is 1. The third kappa shape index (κ3) is 3.68. The van der Waals surface area contributed by atoms with Gasteiger partial charge < -0.3 is 5.32 Å². The van der Waals surface area contributed by atoms with E-state index in [-0.39, 0.29) is 11.8 Å². The first-order valence-electron chi connectivity index (χ1n) is 7.87. The van der Waals surface area contributed by atoms with Crippen LogP contribution in [-0.2, 0) is 0 Å². The quantitative estimate of drug-likeness (QED) is 0.764. The molecule has 24 heavy (non-hydrogen) atoms. The molecule has 0 saturated heterocycles. The molecule has 0 aliphatic carbocycles. The summed E-state index contributed by atoms with van der Waals surface area (Å²) in [6.07, 6.45) is 1.73. The predicted molar refractivity (Wildman–Crippen MR) is 97.3 cm³/mol. The highest BCUT2D eigenvalue weighted by Gasteiger charge is 2.17. The Morgan fingerprint density at radius 3 is 2.62 bits per heavy atom. The van der Waals surface area contributed by atoms with Gasteiger partial charge in [-0.1, -0.05) is 43.3 Å². The number of nitrogens with zero attached hydrogens (tertiary/aromatic N) is 2. The molecule has 0 radical (unpaired) electrons. The lowest BCUT2D eigenvalue weighted by molar-refractivity contribution is 0.0955. The van der Waals surface area contributed by atoms with Gasteiger partial charge in [0.2, 0.25) is 0 Å². The molecule has 5 heteroatoms. The summed E-state index contributed by atoms with van der Waals surface area (Å²) in [5, 5.41) is 3.79. The molecule has 1 aromatic carbocycles. The van der Waals surface area contributed by atoms with Crippen molar-refractivity contribution in [1.29, 1.82) is 0 Å². The van der Waals surface area contributed by atoms with Gasteiger partial charge in [0.05, 0.1) is 11.4 Å². The second-order valence-corrected chi connectivity index (χ2v) is 6.67. The van der Waals surface area contributed by atoms with Crippen molar-refractivity contribution < 1.29 is 4.79 Å². The van der Waals surface area contributed by atoms with Crippen molar-refractivity contribution in [2.45, 2.75) is 19.8 Å². The standard InChI is InChI=1S/C19H19N3OS/c1-13(15-8-4-3-5-9-15)12-21-18(23)17-14(2)22-19(24-17)16-10-6-7-11-20-16/h3-11,13H,12H2,1-2H3,(H,21,23). The van der Waals surface area contributed by atoms with Crippen LogP contribution in [-0.4, -0.2) is 22.4 Å². The third-order valence-corrected chi connectivity index (χ3v) is 5.00. The van der Waals surface area contributed by atoms with E-state index in [1.54, 1.807) is 6.20 Å². The zero-order chi connectivity index (χ0) is 16.9. The third-order valence-electron chi connectivity index (χ3n) is 3.82. The number of rotatable bonds is 5. The molecule has 1 unspecified atom stereocenters. The summed E-state index contributed by atoms with van der Waals surface area (Å²) in [4.78, 5) is 21.9. The summed E-state index contributed by atoms with van der Waals surface area (Å²) in [5.74, 6) is 0.189. The topological polar surface area (TPSA) is 54.9 Å². The number of carbonyl (C=O) groups excluding carboxylic acids is 1. The van der Waals surface area contributed by atoms with E-state index < -0.39 is 0 Å². The maximum Gasteiger partial charge on any atom is 0.263 e. The van der Waals surface area contributed by atoms with Crippen LogP contribution in [0.2, 0.25) is 0 Å². The molecule has 0 bridgehead atoms. The lowest BCUT2D eigenvalue weighted by Crippen LogP contribution is -2.27. The molecule has 2 heterocycles. The number of benzene rings is 1. The summed E-state index contributed by atoms with van der Waals surface area (Å²) in [6, 6.07) is 15.9. The minimum atomic E-state index is -0.0741. The van der Waals surface area contributed by atoms with Gasteiger partial charge in [-0.2, -0.15) is 0 Å². The molecular formula is C19H19N3OS. The summed E-state index contributed by atoms with van der Waals surface area (Å²) in [5.41, 5.74) is 2.75. The van der Waals surface area contributed by atoms with Gasteiger partial charge in [0.1, 0.15) is 9.88 Å². The molecule has 4 nitrogen and oxygen atoms in total.